The number of hydrogen-bond donors (Lipinski definition) is 1. The van der Waals surface area contributed by atoms with E-state index in [4.69, 9.17) is 4.74 Å². The molecular formula is C9H13NOS. The van der Waals surface area contributed by atoms with Crippen LogP contribution < -0.4 is 10.1 Å². The average Bonchev–Trinajstić information content (AvgIpc) is 2.59. The number of nitrogens with one attached hydrogen (secondary N) is 1. The molecule has 3 heteroatoms. The van der Waals surface area contributed by atoms with E-state index in [9.17, 15) is 0 Å². The molecule has 0 aromatic carbocycles. The molecule has 0 aliphatic carbocycles. The summed E-state index contributed by atoms with van der Waals surface area (Å²) in [4.78, 5) is 0. The molecule has 0 saturated carbocycles. The lowest BCUT2D eigenvalue weighted by Crippen LogP contribution is -2.33. The van der Waals surface area contributed by atoms with Gasteiger partial charge in [-0.15, -0.1) is 11.3 Å². The van der Waals surface area contributed by atoms with E-state index >= 15 is 0 Å². The minimum absolute atomic E-state index is 0.435. The van der Waals surface area contributed by atoms with Crippen LogP contribution in [0.4, 0.5) is 0 Å². The molecule has 0 amide bonds. The van der Waals surface area contributed by atoms with Gasteiger partial charge in [-0.05, 0) is 43.4 Å². The number of piperidine rings is 1. The Hall–Kier alpha value is -0.540. The summed E-state index contributed by atoms with van der Waals surface area (Å²) in [5.74, 6) is 0. The standard InChI is InChI=1S/C9H13NOS/c1-2-9(12-7-1)11-8-3-5-10-6-4-8/h1-2,7-8,10H,3-6H2. The molecule has 66 valence electrons. The number of hydrogen-bond acceptors (Lipinski definition) is 3. The first kappa shape index (κ1) is 8.08. The van der Waals surface area contributed by atoms with E-state index in [0.29, 0.717) is 6.10 Å². The summed E-state index contributed by atoms with van der Waals surface area (Å²) in [5.41, 5.74) is 0. The van der Waals surface area contributed by atoms with Gasteiger partial charge in [0.25, 0.3) is 0 Å². The summed E-state index contributed by atoms with van der Waals surface area (Å²) < 4.78 is 5.77. The zero-order chi connectivity index (χ0) is 8.23. The Kier molecular flexibility index (Phi) is 2.64. The van der Waals surface area contributed by atoms with Gasteiger partial charge in [0.1, 0.15) is 6.10 Å². The van der Waals surface area contributed by atoms with Crippen LogP contribution in [-0.2, 0) is 0 Å². The first-order valence-electron chi connectivity index (χ1n) is 4.36. The smallest absolute Gasteiger partial charge is 0.174 e. The van der Waals surface area contributed by atoms with Crippen LogP contribution in [0.25, 0.3) is 0 Å². The van der Waals surface area contributed by atoms with E-state index in [1.54, 1.807) is 11.3 Å². The fraction of sp³-hybridized carbons (Fsp3) is 0.556. The highest BCUT2D eigenvalue weighted by Gasteiger charge is 2.14. The van der Waals surface area contributed by atoms with Crippen LogP contribution in [0.2, 0.25) is 0 Å². The Morgan fingerprint density at radius 1 is 1.42 bits per heavy atom. The summed E-state index contributed by atoms with van der Waals surface area (Å²) in [5, 5.41) is 6.43. The third kappa shape index (κ3) is 1.99. The van der Waals surface area contributed by atoms with Crippen molar-refractivity contribution in [3.05, 3.63) is 17.5 Å². The molecule has 0 unspecified atom stereocenters. The van der Waals surface area contributed by atoms with Crippen molar-refractivity contribution < 1.29 is 4.74 Å². The zero-order valence-corrected chi connectivity index (χ0v) is 7.77. The summed E-state index contributed by atoms with van der Waals surface area (Å²) in [6.45, 7) is 2.19. The highest BCUT2D eigenvalue weighted by molar-refractivity contribution is 7.11. The molecule has 1 N–H and O–H groups in total. The van der Waals surface area contributed by atoms with Crippen LogP contribution in [0, 0.1) is 0 Å². The molecule has 2 rings (SSSR count). The number of thiophene rings is 1. The molecule has 0 spiro atoms. The van der Waals surface area contributed by atoms with Crippen molar-refractivity contribution in [2.24, 2.45) is 0 Å². The molecule has 1 aromatic heterocycles. The Labute approximate surface area is 76.6 Å². The first-order valence-corrected chi connectivity index (χ1v) is 5.24. The van der Waals surface area contributed by atoms with Gasteiger partial charge in [-0.3, -0.25) is 0 Å². The van der Waals surface area contributed by atoms with Crippen LogP contribution in [0.3, 0.4) is 0 Å². The monoisotopic (exact) mass is 183 g/mol. The minimum Gasteiger partial charge on any atom is -0.481 e. The van der Waals surface area contributed by atoms with Crippen LogP contribution in [0.15, 0.2) is 17.5 Å². The van der Waals surface area contributed by atoms with E-state index in [2.05, 4.69) is 10.7 Å². The van der Waals surface area contributed by atoms with Gasteiger partial charge in [-0.2, -0.15) is 0 Å². The van der Waals surface area contributed by atoms with Crippen molar-refractivity contribution in [2.45, 2.75) is 18.9 Å². The fourth-order valence-electron chi connectivity index (χ4n) is 1.41. The molecule has 1 aromatic rings. The predicted octanol–water partition coefficient (Wildman–Crippen LogP) is 1.88. The molecular weight excluding hydrogens is 170 g/mol. The van der Waals surface area contributed by atoms with Crippen molar-refractivity contribution in [3.8, 4) is 5.06 Å². The third-order valence-corrected chi connectivity index (χ3v) is 2.82. The molecule has 1 saturated heterocycles. The third-order valence-electron chi connectivity index (χ3n) is 2.06. The van der Waals surface area contributed by atoms with Gasteiger partial charge in [-0.25, -0.2) is 0 Å². The molecule has 0 bridgehead atoms. The topological polar surface area (TPSA) is 21.3 Å². The van der Waals surface area contributed by atoms with Crippen molar-refractivity contribution in [1.29, 1.82) is 0 Å². The molecule has 1 aliphatic rings. The predicted molar refractivity (Wildman–Crippen MR) is 50.8 cm³/mol. The molecule has 1 fully saturated rings. The second-order valence-corrected chi connectivity index (χ2v) is 3.91. The maximum absolute atomic E-state index is 5.77. The summed E-state index contributed by atoms with van der Waals surface area (Å²) in [6, 6.07) is 4.06. The minimum atomic E-state index is 0.435. The summed E-state index contributed by atoms with van der Waals surface area (Å²) in [6.07, 6.45) is 2.71. The van der Waals surface area contributed by atoms with Gasteiger partial charge < -0.3 is 10.1 Å². The maximum atomic E-state index is 5.77. The molecule has 0 radical (unpaired) electrons. The highest BCUT2D eigenvalue weighted by atomic mass is 32.1. The molecule has 0 atom stereocenters. The van der Waals surface area contributed by atoms with Crippen molar-refractivity contribution in [1.82, 2.24) is 5.32 Å². The second-order valence-electron chi connectivity index (χ2n) is 3.00. The van der Waals surface area contributed by atoms with E-state index in [-0.39, 0.29) is 0 Å². The van der Waals surface area contributed by atoms with Crippen LogP contribution in [0.5, 0.6) is 5.06 Å². The maximum Gasteiger partial charge on any atom is 0.174 e. The van der Waals surface area contributed by atoms with Crippen molar-refractivity contribution in [3.63, 3.8) is 0 Å². The number of rotatable bonds is 2. The van der Waals surface area contributed by atoms with Gasteiger partial charge in [0.05, 0.1) is 0 Å². The number of ether oxygens (including phenoxy) is 1. The molecule has 1 aliphatic heterocycles. The molecule has 12 heavy (non-hydrogen) atoms. The summed E-state index contributed by atoms with van der Waals surface area (Å²) in [7, 11) is 0. The van der Waals surface area contributed by atoms with E-state index in [1.165, 1.54) is 0 Å². The Bertz CT molecular complexity index is 216. The summed E-state index contributed by atoms with van der Waals surface area (Å²) >= 11 is 1.67. The van der Waals surface area contributed by atoms with Crippen LogP contribution in [0.1, 0.15) is 12.8 Å². The van der Waals surface area contributed by atoms with Crippen molar-refractivity contribution >= 4 is 11.3 Å². The van der Waals surface area contributed by atoms with Gasteiger partial charge in [0.15, 0.2) is 5.06 Å². The van der Waals surface area contributed by atoms with Gasteiger partial charge in [-0.1, -0.05) is 0 Å². The van der Waals surface area contributed by atoms with E-state index in [0.717, 1.165) is 31.0 Å². The Morgan fingerprint density at radius 3 is 2.92 bits per heavy atom. The van der Waals surface area contributed by atoms with Gasteiger partial charge in [0, 0.05) is 0 Å². The zero-order valence-electron chi connectivity index (χ0n) is 6.95. The quantitative estimate of drug-likeness (QED) is 0.756. The van der Waals surface area contributed by atoms with Crippen LogP contribution >= 0.6 is 11.3 Å². The van der Waals surface area contributed by atoms with Gasteiger partial charge in [0.2, 0.25) is 0 Å². The van der Waals surface area contributed by atoms with E-state index in [1.807, 2.05) is 12.1 Å². The van der Waals surface area contributed by atoms with Crippen LogP contribution in [-0.4, -0.2) is 19.2 Å². The first-order chi connectivity index (χ1) is 5.95. The Balaban J connectivity index is 1.86. The van der Waals surface area contributed by atoms with Crippen molar-refractivity contribution in [2.75, 3.05) is 13.1 Å². The van der Waals surface area contributed by atoms with Gasteiger partial charge >= 0.3 is 0 Å². The molecule has 2 nitrogen and oxygen atoms in total. The lowest BCUT2D eigenvalue weighted by Gasteiger charge is -2.22. The second kappa shape index (κ2) is 3.92. The SMILES string of the molecule is c1csc(OC2CCNCC2)c1. The lowest BCUT2D eigenvalue weighted by molar-refractivity contribution is 0.168. The normalized spacial score (nSPS) is 19.3. The van der Waals surface area contributed by atoms with E-state index < -0.39 is 0 Å². The highest BCUT2D eigenvalue weighted by Crippen LogP contribution is 2.21. The fourth-order valence-corrected chi connectivity index (χ4v) is 2.05. The average molecular weight is 183 g/mol. The largest absolute Gasteiger partial charge is 0.481 e. The Morgan fingerprint density at radius 2 is 2.25 bits per heavy atom. The molecule has 2 heterocycles. The lowest BCUT2D eigenvalue weighted by atomic mass is 10.1.